The summed E-state index contributed by atoms with van der Waals surface area (Å²) in [5, 5.41) is 55.8. The highest BCUT2D eigenvalue weighted by atomic mass is 35.5. The molecular weight excluding hydrogens is 464 g/mol. The van der Waals surface area contributed by atoms with Crippen LogP contribution >= 0.6 is 11.6 Å². The zero-order valence-corrected chi connectivity index (χ0v) is 18.9. The maximum atomic E-state index is 11.2. The van der Waals surface area contributed by atoms with E-state index in [1.807, 2.05) is 0 Å². The Balaban J connectivity index is 1.74. The summed E-state index contributed by atoms with van der Waals surface area (Å²) < 4.78 is 5.34. The number of carboxylic acids is 1. The molecule has 0 aliphatic rings. The van der Waals surface area contributed by atoms with Crippen LogP contribution in [0.2, 0.25) is 5.02 Å². The number of aliphatic hydroxyl groups is 4. The highest BCUT2D eigenvalue weighted by Crippen LogP contribution is 2.27. The molecule has 1 atom stereocenters. The van der Waals surface area contributed by atoms with Crippen LogP contribution < -0.4 is 10.6 Å². The summed E-state index contributed by atoms with van der Waals surface area (Å²) in [5.41, 5.74) is 2.01. The lowest BCUT2D eigenvalue weighted by Gasteiger charge is -2.36. The Morgan fingerprint density at radius 3 is 2.24 bits per heavy atom. The molecular formula is C24H25ClN2O7. The van der Waals surface area contributed by atoms with Gasteiger partial charge in [0.05, 0.1) is 11.7 Å². The lowest BCUT2D eigenvalue weighted by molar-refractivity contribution is -0.357. The number of carboxylic acid groups (broad SMARTS) is 1. The van der Waals surface area contributed by atoms with Crippen molar-refractivity contribution in [1.82, 2.24) is 5.32 Å². The van der Waals surface area contributed by atoms with Crippen LogP contribution in [-0.2, 0) is 4.74 Å². The molecule has 10 heteroatoms. The summed E-state index contributed by atoms with van der Waals surface area (Å²) in [6, 6.07) is 19.2. The van der Waals surface area contributed by atoms with E-state index in [1.54, 1.807) is 48.5 Å². The SMILES string of the molecule is COC(CNC(O)(O)C(O)(O)Nc1cccc(-c2cccc(C(=O)O)c2)c1)c1cccc(Cl)c1. The van der Waals surface area contributed by atoms with E-state index in [1.165, 1.54) is 31.4 Å². The molecule has 180 valence electrons. The Bertz CT molecular complexity index is 1150. The van der Waals surface area contributed by atoms with Crippen molar-refractivity contribution in [1.29, 1.82) is 0 Å². The predicted molar refractivity (Wildman–Crippen MR) is 126 cm³/mol. The smallest absolute Gasteiger partial charge is 0.335 e. The minimum absolute atomic E-state index is 0.0934. The van der Waals surface area contributed by atoms with Crippen LogP contribution in [0.4, 0.5) is 5.69 Å². The molecule has 0 aliphatic carbocycles. The summed E-state index contributed by atoms with van der Waals surface area (Å²) in [7, 11) is 1.41. The first-order chi connectivity index (χ1) is 16.0. The van der Waals surface area contributed by atoms with Gasteiger partial charge in [-0.15, -0.1) is 0 Å². The molecule has 3 rings (SSSR count). The molecule has 1 unspecified atom stereocenters. The lowest BCUT2D eigenvalue weighted by atomic mass is 10.0. The Labute approximate surface area is 200 Å². The summed E-state index contributed by atoms with van der Waals surface area (Å²) in [5.74, 6) is -7.49. The van der Waals surface area contributed by atoms with E-state index in [0.717, 1.165) is 0 Å². The van der Waals surface area contributed by atoms with Gasteiger partial charge in [0.15, 0.2) is 0 Å². The first-order valence-electron chi connectivity index (χ1n) is 10.2. The van der Waals surface area contributed by atoms with Crippen molar-refractivity contribution >= 4 is 23.3 Å². The quantitative estimate of drug-likeness (QED) is 0.213. The van der Waals surface area contributed by atoms with Gasteiger partial charge < -0.3 is 35.6 Å². The molecule has 0 aliphatic heterocycles. The van der Waals surface area contributed by atoms with E-state index in [0.29, 0.717) is 21.7 Å². The average molecular weight is 489 g/mol. The fourth-order valence-electron chi connectivity index (χ4n) is 3.30. The fraction of sp³-hybridized carbons (Fsp3) is 0.208. The third kappa shape index (κ3) is 6.10. The molecule has 0 radical (unpaired) electrons. The third-order valence-electron chi connectivity index (χ3n) is 5.15. The Hall–Kier alpha value is -3.02. The minimum atomic E-state index is -3.22. The maximum absolute atomic E-state index is 11.2. The number of carbonyl (C=O) groups is 1. The van der Waals surface area contributed by atoms with Crippen molar-refractivity contribution in [3.05, 3.63) is 88.9 Å². The van der Waals surface area contributed by atoms with Crippen molar-refractivity contribution in [2.75, 3.05) is 19.0 Å². The number of anilines is 1. The van der Waals surface area contributed by atoms with Gasteiger partial charge in [0, 0.05) is 24.4 Å². The first kappa shape index (κ1) is 25.6. The third-order valence-corrected chi connectivity index (χ3v) is 5.38. The number of halogens is 1. The summed E-state index contributed by atoms with van der Waals surface area (Å²) >= 11 is 5.99. The molecule has 9 nitrogen and oxygen atoms in total. The molecule has 34 heavy (non-hydrogen) atoms. The van der Waals surface area contributed by atoms with Crippen LogP contribution in [0, 0.1) is 0 Å². The van der Waals surface area contributed by atoms with E-state index >= 15 is 0 Å². The van der Waals surface area contributed by atoms with E-state index in [4.69, 9.17) is 16.3 Å². The maximum Gasteiger partial charge on any atom is 0.335 e. The van der Waals surface area contributed by atoms with Crippen LogP contribution in [0.3, 0.4) is 0 Å². The molecule has 0 fully saturated rings. The van der Waals surface area contributed by atoms with Crippen molar-refractivity contribution in [3.63, 3.8) is 0 Å². The summed E-state index contributed by atoms with van der Waals surface area (Å²) in [6.45, 7) is -0.198. The predicted octanol–water partition coefficient (Wildman–Crippen LogP) is 2.37. The van der Waals surface area contributed by atoms with E-state index < -0.39 is 23.9 Å². The molecule has 0 amide bonds. The largest absolute Gasteiger partial charge is 0.478 e. The molecule has 0 heterocycles. The first-order valence-corrected chi connectivity index (χ1v) is 10.5. The molecule has 3 aromatic rings. The molecule has 0 aromatic heterocycles. The monoisotopic (exact) mass is 488 g/mol. The van der Waals surface area contributed by atoms with E-state index in [-0.39, 0.29) is 17.8 Å². The van der Waals surface area contributed by atoms with Crippen LogP contribution in [0.15, 0.2) is 72.8 Å². The molecule has 0 saturated carbocycles. The van der Waals surface area contributed by atoms with Crippen LogP contribution in [-0.4, -0.2) is 57.0 Å². The van der Waals surface area contributed by atoms with Crippen molar-refractivity contribution in [2.45, 2.75) is 17.9 Å². The number of ether oxygens (including phenoxy) is 1. The van der Waals surface area contributed by atoms with Crippen molar-refractivity contribution in [3.8, 4) is 11.1 Å². The summed E-state index contributed by atoms with van der Waals surface area (Å²) in [6.07, 6.45) is -0.669. The second-order valence-corrected chi connectivity index (χ2v) is 8.03. The summed E-state index contributed by atoms with van der Waals surface area (Å²) in [4.78, 5) is 11.2. The van der Waals surface area contributed by atoms with Gasteiger partial charge in [-0.2, -0.15) is 0 Å². The fourth-order valence-corrected chi connectivity index (χ4v) is 3.50. The van der Waals surface area contributed by atoms with Gasteiger partial charge in [-0.05, 0) is 53.1 Å². The second kappa shape index (κ2) is 10.5. The van der Waals surface area contributed by atoms with Gasteiger partial charge in [0.25, 0.3) is 0 Å². The van der Waals surface area contributed by atoms with Gasteiger partial charge in [-0.25, -0.2) is 4.79 Å². The number of aromatic carboxylic acids is 1. The number of benzene rings is 3. The van der Waals surface area contributed by atoms with E-state index in [2.05, 4.69) is 10.6 Å². The Morgan fingerprint density at radius 2 is 1.59 bits per heavy atom. The number of rotatable bonds is 10. The highest BCUT2D eigenvalue weighted by Gasteiger charge is 2.48. The molecule has 0 saturated heterocycles. The number of methoxy groups -OCH3 is 1. The van der Waals surface area contributed by atoms with Gasteiger partial charge in [0.1, 0.15) is 0 Å². The average Bonchev–Trinajstić information content (AvgIpc) is 2.79. The van der Waals surface area contributed by atoms with E-state index in [9.17, 15) is 30.3 Å². The zero-order chi connectivity index (χ0) is 24.9. The van der Waals surface area contributed by atoms with Crippen LogP contribution in [0.1, 0.15) is 22.0 Å². The van der Waals surface area contributed by atoms with Gasteiger partial charge in [0.2, 0.25) is 0 Å². The number of hydrogen-bond donors (Lipinski definition) is 7. The number of nitrogens with one attached hydrogen (secondary N) is 2. The van der Waals surface area contributed by atoms with Crippen molar-refractivity contribution < 1.29 is 35.1 Å². The highest BCUT2D eigenvalue weighted by molar-refractivity contribution is 6.30. The Morgan fingerprint density at radius 1 is 0.941 bits per heavy atom. The zero-order valence-electron chi connectivity index (χ0n) is 18.1. The van der Waals surface area contributed by atoms with Crippen LogP contribution in [0.25, 0.3) is 11.1 Å². The second-order valence-electron chi connectivity index (χ2n) is 7.60. The topological polar surface area (TPSA) is 152 Å². The van der Waals surface area contributed by atoms with Gasteiger partial charge in [-0.3, -0.25) is 5.32 Å². The number of hydrogen-bond acceptors (Lipinski definition) is 8. The molecule has 7 N–H and O–H groups in total. The van der Waals surface area contributed by atoms with Gasteiger partial charge in [-0.1, -0.05) is 48.0 Å². The van der Waals surface area contributed by atoms with Gasteiger partial charge >= 0.3 is 17.8 Å². The minimum Gasteiger partial charge on any atom is -0.478 e. The van der Waals surface area contributed by atoms with Crippen molar-refractivity contribution in [2.24, 2.45) is 0 Å². The standard InChI is InChI=1S/C24H25ClN2O7/c1-34-21(17-7-3-9-19(25)12-17)14-26-23(30,31)24(32,33)27-20-10-4-6-16(13-20)15-5-2-8-18(11-15)22(28)29/h2-13,21,26-27,30-33H,14H2,1H3,(H,28,29). The molecule has 0 spiro atoms. The molecule has 3 aromatic carbocycles. The van der Waals surface area contributed by atoms with Crippen LogP contribution in [0.5, 0.6) is 0 Å². The Kier molecular flexibility index (Phi) is 7.90. The molecule has 0 bridgehead atoms. The normalized spacial score (nSPS) is 12.9. The lowest BCUT2D eigenvalue weighted by Crippen LogP contribution is -2.67.